The number of nitrogens with zero attached hydrogens (tertiary/aromatic N) is 1. The average molecular weight is 149 g/mol. The lowest BCUT2D eigenvalue weighted by Gasteiger charge is -2.02. The Morgan fingerprint density at radius 2 is 2.18 bits per heavy atom. The summed E-state index contributed by atoms with van der Waals surface area (Å²) in [5.41, 5.74) is 1.43. The molecule has 0 amide bonds. The second-order valence-corrected chi connectivity index (χ2v) is 3.27. The van der Waals surface area contributed by atoms with E-state index in [0.29, 0.717) is 0 Å². The van der Waals surface area contributed by atoms with Crippen LogP contribution in [0.1, 0.15) is 12.5 Å². The van der Waals surface area contributed by atoms with Crippen LogP contribution in [0.25, 0.3) is 0 Å². The van der Waals surface area contributed by atoms with Crippen LogP contribution in [0.3, 0.4) is 0 Å². The summed E-state index contributed by atoms with van der Waals surface area (Å²) in [5, 5.41) is 0. The van der Waals surface area contributed by atoms with Crippen LogP contribution in [0.15, 0.2) is 24.5 Å². The molecule has 1 fully saturated rings. The normalized spacial score (nSPS) is 28.5. The summed E-state index contributed by atoms with van der Waals surface area (Å²) < 4.78 is 5.28. The van der Waals surface area contributed by atoms with Gasteiger partial charge in [-0.05, 0) is 24.6 Å². The van der Waals surface area contributed by atoms with Gasteiger partial charge in [0.2, 0.25) is 0 Å². The number of ether oxygens (including phenoxy) is 1. The van der Waals surface area contributed by atoms with Gasteiger partial charge in [-0.3, -0.25) is 4.98 Å². The van der Waals surface area contributed by atoms with Crippen molar-refractivity contribution in [3.63, 3.8) is 0 Å². The Hall–Kier alpha value is -0.890. The molecule has 2 rings (SSSR count). The van der Waals surface area contributed by atoms with Crippen molar-refractivity contribution < 1.29 is 4.74 Å². The van der Waals surface area contributed by atoms with E-state index in [1.807, 2.05) is 24.5 Å². The maximum absolute atomic E-state index is 5.28. The fourth-order valence-corrected chi connectivity index (χ4v) is 1.16. The molecule has 2 nitrogen and oxygen atoms in total. The summed E-state index contributed by atoms with van der Waals surface area (Å²) in [4.78, 5) is 3.95. The van der Waals surface area contributed by atoms with E-state index in [9.17, 15) is 0 Å². The molecule has 1 unspecified atom stereocenters. The predicted octanol–water partition coefficient (Wildman–Crippen LogP) is 1.41. The predicted molar refractivity (Wildman–Crippen MR) is 42.3 cm³/mol. The van der Waals surface area contributed by atoms with Crippen LogP contribution in [0.4, 0.5) is 0 Å². The van der Waals surface area contributed by atoms with Gasteiger partial charge in [-0.2, -0.15) is 0 Å². The van der Waals surface area contributed by atoms with Gasteiger partial charge in [-0.25, -0.2) is 0 Å². The first-order valence-corrected chi connectivity index (χ1v) is 3.81. The number of rotatable bonds is 2. The fourth-order valence-electron chi connectivity index (χ4n) is 1.16. The highest BCUT2D eigenvalue weighted by Gasteiger charge is 2.38. The van der Waals surface area contributed by atoms with Gasteiger partial charge in [0.25, 0.3) is 0 Å². The van der Waals surface area contributed by atoms with E-state index in [2.05, 4.69) is 11.9 Å². The van der Waals surface area contributed by atoms with Gasteiger partial charge in [0.05, 0.1) is 12.2 Å². The zero-order valence-electron chi connectivity index (χ0n) is 6.58. The van der Waals surface area contributed by atoms with Crippen LogP contribution >= 0.6 is 0 Å². The molecule has 2 heterocycles. The molecule has 1 aromatic heterocycles. The minimum Gasteiger partial charge on any atom is -0.370 e. The molecular weight excluding hydrogens is 138 g/mol. The molecule has 1 aromatic rings. The van der Waals surface area contributed by atoms with E-state index < -0.39 is 0 Å². The monoisotopic (exact) mass is 149 g/mol. The zero-order valence-corrected chi connectivity index (χ0v) is 6.58. The molecule has 0 saturated carbocycles. The van der Waals surface area contributed by atoms with Crippen molar-refractivity contribution in [1.82, 2.24) is 4.98 Å². The number of pyridine rings is 1. The Morgan fingerprint density at radius 3 is 2.73 bits per heavy atom. The van der Waals surface area contributed by atoms with Crippen LogP contribution in [0, 0.1) is 0 Å². The fraction of sp³-hybridized carbons (Fsp3) is 0.444. The number of hydrogen-bond acceptors (Lipinski definition) is 2. The smallest absolute Gasteiger partial charge is 0.0928 e. The molecule has 2 heteroatoms. The molecule has 0 aromatic carbocycles. The Kier molecular flexibility index (Phi) is 1.43. The average Bonchev–Trinajstić information content (AvgIpc) is 2.70. The van der Waals surface area contributed by atoms with Crippen molar-refractivity contribution in [3.8, 4) is 0 Å². The molecule has 0 spiro atoms. The third-order valence-corrected chi connectivity index (χ3v) is 1.96. The maximum atomic E-state index is 5.28. The van der Waals surface area contributed by atoms with Crippen LogP contribution in [-0.4, -0.2) is 17.2 Å². The number of epoxide rings is 1. The summed E-state index contributed by atoms with van der Waals surface area (Å²) >= 11 is 0. The lowest BCUT2D eigenvalue weighted by Crippen LogP contribution is -2.08. The first kappa shape index (κ1) is 6.80. The van der Waals surface area contributed by atoms with Crippen LogP contribution in [-0.2, 0) is 11.2 Å². The Labute approximate surface area is 66.2 Å². The first-order chi connectivity index (χ1) is 5.29. The largest absolute Gasteiger partial charge is 0.370 e. The Balaban J connectivity index is 2.07. The molecular formula is C9H11NO. The lowest BCUT2D eigenvalue weighted by atomic mass is 10.0. The van der Waals surface area contributed by atoms with Crippen molar-refractivity contribution >= 4 is 0 Å². The highest BCUT2D eigenvalue weighted by Crippen LogP contribution is 2.29. The van der Waals surface area contributed by atoms with Crippen molar-refractivity contribution in [2.45, 2.75) is 18.9 Å². The second kappa shape index (κ2) is 2.31. The third-order valence-electron chi connectivity index (χ3n) is 1.96. The minimum atomic E-state index is 0.126. The van der Waals surface area contributed by atoms with Crippen molar-refractivity contribution in [3.05, 3.63) is 30.1 Å². The lowest BCUT2D eigenvalue weighted by molar-refractivity contribution is 0.322. The molecule has 0 bridgehead atoms. The highest BCUT2D eigenvalue weighted by molar-refractivity contribution is 5.14. The first-order valence-electron chi connectivity index (χ1n) is 3.81. The molecule has 0 aliphatic carbocycles. The van der Waals surface area contributed by atoms with Crippen molar-refractivity contribution in [2.24, 2.45) is 0 Å². The van der Waals surface area contributed by atoms with E-state index >= 15 is 0 Å². The van der Waals surface area contributed by atoms with Crippen molar-refractivity contribution in [2.75, 3.05) is 6.61 Å². The van der Waals surface area contributed by atoms with E-state index in [1.54, 1.807) is 0 Å². The molecule has 58 valence electrons. The zero-order chi connectivity index (χ0) is 7.73. The molecule has 1 saturated heterocycles. The van der Waals surface area contributed by atoms with Gasteiger partial charge < -0.3 is 4.74 Å². The van der Waals surface area contributed by atoms with Gasteiger partial charge in [-0.15, -0.1) is 0 Å². The quantitative estimate of drug-likeness (QED) is 0.594. The summed E-state index contributed by atoms with van der Waals surface area (Å²) in [6, 6.07) is 4.07. The summed E-state index contributed by atoms with van der Waals surface area (Å²) in [6.45, 7) is 3.03. The van der Waals surface area contributed by atoms with Gasteiger partial charge in [0.15, 0.2) is 0 Å². The molecule has 0 N–H and O–H groups in total. The summed E-state index contributed by atoms with van der Waals surface area (Å²) in [6.07, 6.45) is 4.65. The van der Waals surface area contributed by atoms with E-state index in [0.717, 1.165) is 13.0 Å². The second-order valence-electron chi connectivity index (χ2n) is 3.27. The van der Waals surface area contributed by atoms with Crippen LogP contribution < -0.4 is 0 Å². The third kappa shape index (κ3) is 1.57. The standard InChI is InChI=1S/C9H11NO/c1-9(7-11-9)6-8-2-4-10-5-3-8/h2-5H,6-7H2,1H3. The Morgan fingerprint density at radius 1 is 1.55 bits per heavy atom. The van der Waals surface area contributed by atoms with E-state index in [1.165, 1.54) is 5.56 Å². The molecule has 1 atom stereocenters. The molecule has 11 heavy (non-hydrogen) atoms. The van der Waals surface area contributed by atoms with E-state index in [-0.39, 0.29) is 5.60 Å². The van der Waals surface area contributed by atoms with Crippen LogP contribution in [0.5, 0.6) is 0 Å². The summed E-state index contributed by atoms with van der Waals surface area (Å²) in [5.74, 6) is 0. The number of hydrogen-bond donors (Lipinski definition) is 0. The van der Waals surface area contributed by atoms with Gasteiger partial charge in [0.1, 0.15) is 0 Å². The molecule has 0 radical (unpaired) electrons. The topological polar surface area (TPSA) is 25.4 Å². The van der Waals surface area contributed by atoms with Crippen molar-refractivity contribution in [1.29, 1.82) is 0 Å². The van der Waals surface area contributed by atoms with E-state index in [4.69, 9.17) is 4.74 Å². The van der Waals surface area contributed by atoms with Gasteiger partial charge >= 0.3 is 0 Å². The maximum Gasteiger partial charge on any atom is 0.0928 e. The molecule has 1 aliphatic rings. The SMILES string of the molecule is CC1(Cc2ccncc2)CO1. The molecule has 1 aliphatic heterocycles. The Bertz CT molecular complexity index is 241. The van der Waals surface area contributed by atoms with Gasteiger partial charge in [-0.1, -0.05) is 0 Å². The number of aromatic nitrogens is 1. The van der Waals surface area contributed by atoms with Gasteiger partial charge in [0, 0.05) is 18.8 Å². The summed E-state index contributed by atoms with van der Waals surface area (Å²) in [7, 11) is 0. The minimum absolute atomic E-state index is 0.126. The highest BCUT2D eigenvalue weighted by atomic mass is 16.6. The van der Waals surface area contributed by atoms with Crippen LogP contribution in [0.2, 0.25) is 0 Å².